The summed E-state index contributed by atoms with van der Waals surface area (Å²) < 4.78 is 0. The Morgan fingerprint density at radius 2 is 2.14 bits per heavy atom. The van der Waals surface area contributed by atoms with Crippen LogP contribution in [0.5, 0.6) is 0 Å². The third-order valence-corrected chi connectivity index (χ3v) is 4.04. The maximum Gasteiger partial charge on any atom is 0.315 e. The topological polar surface area (TPSA) is 120 Å². The van der Waals surface area contributed by atoms with Crippen molar-refractivity contribution in [1.82, 2.24) is 25.8 Å². The van der Waals surface area contributed by atoms with E-state index in [0.29, 0.717) is 18.7 Å². The molecule has 1 aromatic rings. The maximum atomic E-state index is 11.9. The van der Waals surface area contributed by atoms with Crippen molar-refractivity contribution < 1.29 is 14.7 Å². The Morgan fingerprint density at radius 1 is 1.43 bits per heavy atom. The van der Waals surface area contributed by atoms with Gasteiger partial charge in [-0.25, -0.2) is 9.78 Å². The number of rotatable bonds is 5. The molecular weight excluding hydrogens is 274 g/mol. The van der Waals surface area contributed by atoms with Crippen LogP contribution in [0.15, 0.2) is 6.33 Å². The highest BCUT2D eigenvalue weighted by Crippen LogP contribution is 2.35. The first kappa shape index (κ1) is 15.3. The van der Waals surface area contributed by atoms with Crippen molar-refractivity contribution in [1.29, 1.82) is 0 Å². The summed E-state index contributed by atoms with van der Waals surface area (Å²) in [5.41, 5.74) is -0.828. The molecule has 8 nitrogen and oxygen atoms in total. The molecule has 1 atom stereocenters. The molecule has 0 saturated heterocycles. The molecule has 1 saturated carbocycles. The number of hydrogen-bond acceptors (Lipinski definition) is 4. The van der Waals surface area contributed by atoms with Gasteiger partial charge in [0.2, 0.25) is 0 Å². The van der Waals surface area contributed by atoms with Crippen LogP contribution >= 0.6 is 0 Å². The van der Waals surface area contributed by atoms with Gasteiger partial charge in [-0.05, 0) is 19.8 Å². The number of carboxylic acids is 1. The smallest absolute Gasteiger partial charge is 0.315 e. The summed E-state index contributed by atoms with van der Waals surface area (Å²) in [6.45, 7) is 1.92. The third kappa shape index (κ3) is 3.71. The van der Waals surface area contributed by atoms with Crippen LogP contribution in [-0.4, -0.2) is 38.8 Å². The van der Waals surface area contributed by atoms with Crippen molar-refractivity contribution in [3.8, 4) is 0 Å². The number of aromatic nitrogens is 3. The first-order chi connectivity index (χ1) is 10.0. The van der Waals surface area contributed by atoms with E-state index in [1.807, 2.05) is 0 Å². The van der Waals surface area contributed by atoms with Gasteiger partial charge in [-0.15, -0.1) is 0 Å². The summed E-state index contributed by atoms with van der Waals surface area (Å²) in [5, 5.41) is 21.2. The van der Waals surface area contributed by atoms with Gasteiger partial charge in [0.15, 0.2) is 0 Å². The molecule has 0 aliphatic heterocycles. The number of aromatic amines is 1. The van der Waals surface area contributed by atoms with Crippen molar-refractivity contribution >= 4 is 12.0 Å². The normalized spacial score (nSPS) is 18.7. The zero-order valence-electron chi connectivity index (χ0n) is 12.1. The Bertz CT molecular complexity index is 482. The fourth-order valence-electron chi connectivity index (χ4n) is 2.68. The summed E-state index contributed by atoms with van der Waals surface area (Å²) in [4.78, 5) is 27.3. The lowest BCUT2D eigenvalue weighted by molar-refractivity contribution is -0.150. The van der Waals surface area contributed by atoms with Crippen LogP contribution in [0.1, 0.15) is 50.9 Å². The molecule has 21 heavy (non-hydrogen) atoms. The molecule has 1 aliphatic rings. The molecule has 0 bridgehead atoms. The van der Waals surface area contributed by atoms with Crippen LogP contribution in [0.4, 0.5) is 4.79 Å². The number of hydrogen-bond donors (Lipinski definition) is 4. The van der Waals surface area contributed by atoms with Gasteiger partial charge < -0.3 is 15.7 Å². The van der Waals surface area contributed by atoms with Crippen LogP contribution in [0.25, 0.3) is 0 Å². The molecule has 8 heteroatoms. The molecule has 1 aromatic heterocycles. The SMILES string of the molecule is CC(NC(=O)NCC1(C(=O)O)CCCCC1)c1ncn[nH]1. The monoisotopic (exact) mass is 295 g/mol. The standard InChI is InChI=1S/C13H21N5O3/c1-9(10-15-8-16-18-10)17-12(21)14-7-13(11(19)20)5-3-2-4-6-13/h8-9H,2-7H2,1H3,(H,19,20)(H2,14,17,21)(H,15,16,18). The van der Waals surface area contributed by atoms with Crippen molar-refractivity contribution in [3.63, 3.8) is 0 Å². The fraction of sp³-hybridized carbons (Fsp3) is 0.692. The Kier molecular flexibility index (Phi) is 4.77. The second-order valence-corrected chi connectivity index (χ2v) is 5.57. The zero-order chi connectivity index (χ0) is 15.3. The van der Waals surface area contributed by atoms with E-state index in [0.717, 1.165) is 19.3 Å². The summed E-state index contributed by atoms with van der Waals surface area (Å²) in [6.07, 6.45) is 5.44. The van der Waals surface area contributed by atoms with Gasteiger partial charge in [-0.3, -0.25) is 9.89 Å². The molecule has 1 fully saturated rings. The van der Waals surface area contributed by atoms with Gasteiger partial charge >= 0.3 is 12.0 Å². The van der Waals surface area contributed by atoms with Gasteiger partial charge in [-0.1, -0.05) is 19.3 Å². The molecule has 0 radical (unpaired) electrons. The van der Waals surface area contributed by atoms with E-state index in [2.05, 4.69) is 25.8 Å². The Labute approximate surface area is 122 Å². The first-order valence-electron chi connectivity index (χ1n) is 7.16. The molecule has 0 aromatic carbocycles. The average Bonchev–Trinajstić information content (AvgIpc) is 3.00. The number of nitrogens with zero attached hydrogens (tertiary/aromatic N) is 2. The number of carboxylic acid groups (broad SMARTS) is 1. The molecule has 2 amide bonds. The molecule has 116 valence electrons. The van der Waals surface area contributed by atoms with E-state index in [4.69, 9.17) is 0 Å². The highest BCUT2D eigenvalue weighted by Gasteiger charge is 2.39. The van der Waals surface area contributed by atoms with Gasteiger partial charge in [0.25, 0.3) is 0 Å². The van der Waals surface area contributed by atoms with Gasteiger partial charge in [0.1, 0.15) is 12.2 Å². The van der Waals surface area contributed by atoms with E-state index in [-0.39, 0.29) is 12.6 Å². The molecule has 0 spiro atoms. The zero-order valence-corrected chi connectivity index (χ0v) is 12.1. The van der Waals surface area contributed by atoms with Crippen LogP contribution < -0.4 is 10.6 Å². The van der Waals surface area contributed by atoms with E-state index >= 15 is 0 Å². The number of carbonyl (C=O) groups is 2. The van der Waals surface area contributed by atoms with Crippen molar-refractivity contribution in [2.24, 2.45) is 5.41 Å². The quantitative estimate of drug-likeness (QED) is 0.650. The lowest BCUT2D eigenvalue weighted by Crippen LogP contribution is -2.47. The summed E-state index contributed by atoms with van der Waals surface area (Å²) in [5.74, 6) is -0.276. The Morgan fingerprint density at radius 3 is 2.71 bits per heavy atom. The number of amides is 2. The van der Waals surface area contributed by atoms with E-state index < -0.39 is 17.4 Å². The lowest BCUT2D eigenvalue weighted by atomic mass is 9.74. The first-order valence-corrected chi connectivity index (χ1v) is 7.16. The summed E-state index contributed by atoms with van der Waals surface area (Å²) >= 11 is 0. The van der Waals surface area contributed by atoms with Gasteiger partial charge in [0.05, 0.1) is 11.5 Å². The lowest BCUT2D eigenvalue weighted by Gasteiger charge is -2.33. The van der Waals surface area contributed by atoms with Crippen molar-refractivity contribution in [2.45, 2.75) is 45.1 Å². The minimum atomic E-state index is -0.828. The van der Waals surface area contributed by atoms with Gasteiger partial charge in [-0.2, -0.15) is 5.10 Å². The van der Waals surface area contributed by atoms with Crippen LogP contribution in [0.2, 0.25) is 0 Å². The predicted molar refractivity (Wildman–Crippen MR) is 74.5 cm³/mol. The van der Waals surface area contributed by atoms with Crippen molar-refractivity contribution in [3.05, 3.63) is 12.2 Å². The number of nitrogens with one attached hydrogen (secondary N) is 3. The number of H-pyrrole nitrogens is 1. The second kappa shape index (κ2) is 6.55. The van der Waals surface area contributed by atoms with Crippen LogP contribution in [-0.2, 0) is 4.79 Å². The maximum absolute atomic E-state index is 11.9. The summed E-state index contributed by atoms with van der Waals surface area (Å²) in [7, 11) is 0. The number of carbonyl (C=O) groups excluding carboxylic acids is 1. The van der Waals surface area contributed by atoms with E-state index in [1.54, 1.807) is 6.92 Å². The van der Waals surface area contributed by atoms with Crippen LogP contribution in [0.3, 0.4) is 0 Å². The van der Waals surface area contributed by atoms with E-state index in [1.165, 1.54) is 6.33 Å². The highest BCUT2D eigenvalue weighted by atomic mass is 16.4. The number of aliphatic carboxylic acids is 1. The largest absolute Gasteiger partial charge is 0.481 e. The van der Waals surface area contributed by atoms with Gasteiger partial charge in [0, 0.05) is 6.54 Å². The predicted octanol–water partition coefficient (Wildman–Crippen LogP) is 1.20. The molecule has 1 heterocycles. The van der Waals surface area contributed by atoms with Crippen LogP contribution in [0, 0.1) is 5.41 Å². The fourth-order valence-corrected chi connectivity index (χ4v) is 2.68. The Hall–Kier alpha value is -2.12. The van der Waals surface area contributed by atoms with Crippen molar-refractivity contribution in [2.75, 3.05) is 6.54 Å². The minimum Gasteiger partial charge on any atom is -0.481 e. The Balaban J connectivity index is 1.86. The number of urea groups is 1. The molecule has 2 rings (SSSR count). The molecule has 1 aliphatic carbocycles. The van der Waals surface area contributed by atoms with E-state index in [9.17, 15) is 14.7 Å². The minimum absolute atomic E-state index is 0.150. The summed E-state index contributed by atoms with van der Waals surface area (Å²) in [6, 6.07) is -0.718. The molecule has 4 N–H and O–H groups in total. The third-order valence-electron chi connectivity index (χ3n) is 4.04. The average molecular weight is 295 g/mol. The second-order valence-electron chi connectivity index (χ2n) is 5.57. The highest BCUT2D eigenvalue weighted by molar-refractivity contribution is 5.78. The molecule has 1 unspecified atom stereocenters. The molecular formula is C13H21N5O3.